The summed E-state index contributed by atoms with van der Waals surface area (Å²) in [5, 5.41) is 24.5. The van der Waals surface area contributed by atoms with Crippen molar-refractivity contribution in [3.63, 3.8) is 0 Å². The van der Waals surface area contributed by atoms with Gasteiger partial charge in [0, 0.05) is 0 Å². The molecule has 1 atom stereocenters. The van der Waals surface area contributed by atoms with Crippen LogP contribution in [0.3, 0.4) is 0 Å². The van der Waals surface area contributed by atoms with Crippen LogP contribution in [-0.4, -0.2) is 37.4 Å². The van der Waals surface area contributed by atoms with Crippen LogP contribution in [0.15, 0.2) is 29.4 Å². The van der Waals surface area contributed by atoms with Gasteiger partial charge in [-0.1, -0.05) is 37.7 Å². The number of nitrogens with zero attached hydrogens (tertiary/aromatic N) is 5. The Morgan fingerprint density at radius 2 is 2.12 bits per heavy atom. The molecule has 1 aliphatic carbocycles. The molecule has 1 heterocycles. The molecule has 0 saturated heterocycles. The fraction of sp³-hybridized carbons (Fsp3) is 0.500. The minimum absolute atomic E-state index is 0.161. The second-order valence-electron chi connectivity index (χ2n) is 7.04. The molecule has 1 amide bonds. The Balaban J connectivity index is 1.64. The maximum atomic E-state index is 12.3. The second-order valence-corrected chi connectivity index (χ2v) is 7.99. The molecule has 8 heteroatoms. The molecule has 1 N–H and O–H groups in total. The van der Waals surface area contributed by atoms with Crippen molar-refractivity contribution in [3.8, 4) is 11.8 Å². The van der Waals surface area contributed by atoms with Crippen molar-refractivity contribution in [3.05, 3.63) is 29.8 Å². The standard InChI is InChI=1S/C18H22N6OS/c1-12(2)13-4-8-15(9-5-13)24-17(21-22-23-24)26-10-16(25)20-18(3,11-19)14-6-7-14/h4-5,8-9,12,14H,6-7,10H2,1-3H3,(H,20,25)/t18-/m0/s1. The third kappa shape index (κ3) is 4.05. The summed E-state index contributed by atoms with van der Waals surface area (Å²) in [6.07, 6.45) is 1.98. The molecule has 0 radical (unpaired) electrons. The minimum Gasteiger partial charge on any atom is -0.337 e. The molecule has 0 aliphatic heterocycles. The molecule has 136 valence electrons. The molecule has 26 heavy (non-hydrogen) atoms. The smallest absolute Gasteiger partial charge is 0.231 e. The van der Waals surface area contributed by atoms with E-state index >= 15 is 0 Å². The predicted molar refractivity (Wildman–Crippen MR) is 98.9 cm³/mol. The fourth-order valence-electron chi connectivity index (χ4n) is 2.77. The van der Waals surface area contributed by atoms with Crippen LogP contribution in [0.5, 0.6) is 0 Å². The highest BCUT2D eigenvalue weighted by atomic mass is 32.2. The third-order valence-corrected chi connectivity index (χ3v) is 5.52. The predicted octanol–water partition coefficient (Wildman–Crippen LogP) is 2.69. The topological polar surface area (TPSA) is 96.5 Å². The largest absolute Gasteiger partial charge is 0.337 e. The molecule has 1 aromatic carbocycles. The first kappa shape index (κ1) is 18.4. The normalized spacial score (nSPS) is 16.1. The number of aromatic nitrogens is 4. The van der Waals surface area contributed by atoms with E-state index in [0.717, 1.165) is 18.5 Å². The van der Waals surface area contributed by atoms with E-state index in [1.807, 2.05) is 12.1 Å². The molecule has 7 nitrogen and oxygen atoms in total. The number of nitrogens with one attached hydrogen (secondary N) is 1. The van der Waals surface area contributed by atoms with E-state index in [4.69, 9.17) is 0 Å². The van der Waals surface area contributed by atoms with Gasteiger partial charge in [-0.15, -0.1) is 5.10 Å². The Bertz CT molecular complexity index is 821. The molecule has 0 unspecified atom stereocenters. The van der Waals surface area contributed by atoms with Crippen LogP contribution in [0.25, 0.3) is 5.69 Å². The lowest BCUT2D eigenvalue weighted by Gasteiger charge is -2.22. The summed E-state index contributed by atoms with van der Waals surface area (Å²) in [6, 6.07) is 10.3. The Hall–Kier alpha value is -2.40. The first-order valence-corrected chi connectivity index (χ1v) is 9.65. The van der Waals surface area contributed by atoms with Crippen LogP contribution in [0, 0.1) is 17.2 Å². The van der Waals surface area contributed by atoms with Crippen molar-refractivity contribution in [2.45, 2.75) is 50.2 Å². The number of benzene rings is 1. The summed E-state index contributed by atoms with van der Waals surface area (Å²) in [5.74, 6) is 0.687. The maximum Gasteiger partial charge on any atom is 0.231 e. The quantitative estimate of drug-likeness (QED) is 0.753. The summed E-state index contributed by atoms with van der Waals surface area (Å²) < 4.78 is 1.62. The van der Waals surface area contributed by atoms with Crippen LogP contribution >= 0.6 is 11.8 Å². The van der Waals surface area contributed by atoms with E-state index in [-0.39, 0.29) is 17.6 Å². The van der Waals surface area contributed by atoms with E-state index in [2.05, 4.69) is 52.9 Å². The summed E-state index contributed by atoms with van der Waals surface area (Å²) >= 11 is 1.26. The zero-order chi connectivity index (χ0) is 18.7. The van der Waals surface area contributed by atoms with Gasteiger partial charge in [0.25, 0.3) is 0 Å². The number of amides is 1. The van der Waals surface area contributed by atoms with Crippen LogP contribution in [-0.2, 0) is 4.79 Å². The lowest BCUT2D eigenvalue weighted by atomic mass is 9.98. The van der Waals surface area contributed by atoms with E-state index in [0.29, 0.717) is 11.1 Å². The zero-order valence-electron chi connectivity index (χ0n) is 15.1. The summed E-state index contributed by atoms with van der Waals surface area (Å²) in [7, 11) is 0. The van der Waals surface area contributed by atoms with Gasteiger partial charge < -0.3 is 5.32 Å². The van der Waals surface area contributed by atoms with Gasteiger partial charge in [0.2, 0.25) is 11.1 Å². The fourth-order valence-corrected chi connectivity index (χ4v) is 3.46. The monoisotopic (exact) mass is 370 g/mol. The maximum absolute atomic E-state index is 12.3. The highest BCUT2D eigenvalue weighted by Crippen LogP contribution is 2.39. The highest BCUT2D eigenvalue weighted by Gasteiger charge is 2.42. The molecule has 3 rings (SSSR count). The third-order valence-electron chi connectivity index (χ3n) is 4.60. The summed E-state index contributed by atoms with van der Waals surface area (Å²) in [4.78, 5) is 12.3. The van der Waals surface area contributed by atoms with Crippen molar-refractivity contribution >= 4 is 17.7 Å². The molecule has 1 saturated carbocycles. The van der Waals surface area contributed by atoms with Gasteiger partial charge >= 0.3 is 0 Å². The van der Waals surface area contributed by atoms with Gasteiger partial charge in [0.1, 0.15) is 5.54 Å². The molecule has 0 bridgehead atoms. The van der Waals surface area contributed by atoms with Gasteiger partial charge in [-0.3, -0.25) is 4.79 Å². The number of hydrogen-bond donors (Lipinski definition) is 1. The number of hydrogen-bond acceptors (Lipinski definition) is 6. The van der Waals surface area contributed by atoms with Crippen molar-refractivity contribution in [1.82, 2.24) is 25.5 Å². The van der Waals surface area contributed by atoms with E-state index in [9.17, 15) is 10.1 Å². The summed E-state index contributed by atoms with van der Waals surface area (Å²) in [5.41, 5.74) is 1.31. The highest BCUT2D eigenvalue weighted by molar-refractivity contribution is 7.99. The molecule has 1 fully saturated rings. The van der Waals surface area contributed by atoms with Crippen molar-refractivity contribution in [1.29, 1.82) is 5.26 Å². The lowest BCUT2D eigenvalue weighted by molar-refractivity contribution is -0.119. The number of thioether (sulfide) groups is 1. The lowest BCUT2D eigenvalue weighted by Crippen LogP contribution is -2.47. The van der Waals surface area contributed by atoms with Gasteiger partial charge in [-0.05, 0) is 59.7 Å². The van der Waals surface area contributed by atoms with E-state index < -0.39 is 5.54 Å². The summed E-state index contributed by atoms with van der Waals surface area (Å²) in [6.45, 7) is 6.07. The first-order valence-electron chi connectivity index (χ1n) is 8.66. The van der Waals surface area contributed by atoms with Crippen LogP contribution in [0.2, 0.25) is 0 Å². The van der Waals surface area contributed by atoms with Crippen LogP contribution in [0.4, 0.5) is 0 Å². The average Bonchev–Trinajstić information content (AvgIpc) is 3.39. The second kappa shape index (κ2) is 7.46. The van der Waals surface area contributed by atoms with Crippen LogP contribution < -0.4 is 5.32 Å². The van der Waals surface area contributed by atoms with Crippen molar-refractivity contribution in [2.24, 2.45) is 5.92 Å². The number of rotatable bonds is 7. The number of carbonyl (C=O) groups is 1. The number of nitriles is 1. The number of tetrazole rings is 1. The average molecular weight is 370 g/mol. The zero-order valence-corrected chi connectivity index (χ0v) is 16.0. The Labute approximate surface area is 157 Å². The van der Waals surface area contributed by atoms with Crippen molar-refractivity contribution < 1.29 is 4.79 Å². The molecular formula is C18H22N6OS. The van der Waals surface area contributed by atoms with Gasteiger partial charge in [-0.2, -0.15) is 9.94 Å². The van der Waals surface area contributed by atoms with E-state index in [1.165, 1.54) is 17.3 Å². The SMILES string of the molecule is CC(C)c1ccc(-n2nnnc2SCC(=O)N[C@@](C)(C#N)C2CC2)cc1. The van der Waals surface area contributed by atoms with E-state index in [1.54, 1.807) is 11.6 Å². The Morgan fingerprint density at radius 1 is 1.42 bits per heavy atom. The first-order chi connectivity index (χ1) is 12.4. The Morgan fingerprint density at radius 3 is 2.69 bits per heavy atom. The van der Waals surface area contributed by atoms with Gasteiger partial charge in [0.05, 0.1) is 17.5 Å². The minimum atomic E-state index is -0.782. The van der Waals surface area contributed by atoms with Gasteiger partial charge in [-0.25, -0.2) is 0 Å². The molecule has 1 aliphatic rings. The molecular weight excluding hydrogens is 348 g/mol. The Kier molecular flexibility index (Phi) is 5.28. The number of carbonyl (C=O) groups excluding carboxylic acids is 1. The van der Waals surface area contributed by atoms with Crippen molar-refractivity contribution in [2.75, 3.05) is 5.75 Å². The molecule has 2 aromatic rings. The molecule has 1 aromatic heterocycles. The van der Waals surface area contributed by atoms with Crippen LogP contribution in [0.1, 0.15) is 45.1 Å². The molecule has 0 spiro atoms. The van der Waals surface area contributed by atoms with Gasteiger partial charge in [0.15, 0.2) is 0 Å².